The van der Waals surface area contributed by atoms with Gasteiger partial charge in [0.15, 0.2) is 0 Å². The summed E-state index contributed by atoms with van der Waals surface area (Å²) in [6.45, 7) is 3.30. The molecule has 0 fully saturated rings. The molecule has 20 heavy (non-hydrogen) atoms. The van der Waals surface area contributed by atoms with Crippen molar-refractivity contribution in [3.05, 3.63) is 24.3 Å². The molecule has 0 bridgehead atoms. The zero-order valence-electron chi connectivity index (χ0n) is 12.0. The van der Waals surface area contributed by atoms with E-state index in [2.05, 4.69) is 4.72 Å². The molecule has 7 heteroatoms. The molecule has 112 valence electrons. The summed E-state index contributed by atoms with van der Waals surface area (Å²) >= 11 is 0. The quantitative estimate of drug-likeness (QED) is 0.822. The van der Waals surface area contributed by atoms with Gasteiger partial charge in [-0.3, -0.25) is 4.79 Å². The minimum absolute atomic E-state index is 0.0509. The van der Waals surface area contributed by atoms with Crippen LogP contribution in [0.15, 0.2) is 29.2 Å². The van der Waals surface area contributed by atoms with Gasteiger partial charge < -0.3 is 10.0 Å². The van der Waals surface area contributed by atoms with Crippen LogP contribution >= 0.6 is 0 Å². The first-order chi connectivity index (χ1) is 9.15. The van der Waals surface area contributed by atoms with E-state index in [-0.39, 0.29) is 10.8 Å². The monoisotopic (exact) mass is 300 g/mol. The molecule has 1 atom stereocenters. The van der Waals surface area contributed by atoms with Crippen molar-refractivity contribution in [1.82, 2.24) is 4.72 Å². The third-order valence-electron chi connectivity index (χ3n) is 2.88. The van der Waals surface area contributed by atoms with Gasteiger partial charge in [-0.1, -0.05) is 13.8 Å². The lowest BCUT2D eigenvalue weighted by Crippen LogP contribution is -2.44. The molecule has 0 unspecified atom stereocenters. The highest BCUT2D eigenvalue weighted by Gasteiger charge is 2.27. The first-order valence-electron chi connectivity index (χ1n) is 6.17. The molecule has 0 radical (unpaired) electrons. The fraction of sp³-hybridized carbons (Fsp3) is 0.462. The number of sulfonamides is 1. The molecule has 0 aliphatic carbocycles. The number of nitrogens with one attached hydrogen (secondary N) is 1. The van der Waals surface area contributed by atoms with Crippen molar-refractivity contribution in [3.63, 3.8) is 0 Å². The number of carboxylic acid groups (broad SMARTS) is 1. The number of benzene rings is 1. The Morgan fingerprint density at radius 1 is 1.20 bits per heavy atom. The maximum absolute atomic E-state index is 12.1. The fourth-order valence-corrected chi connectivity index (χ4v) is 2.97. The number of hydrogen-bond acceptors (Lipinski definition) is 4. The van der Waals surface area contributed by atoms with Crippen molar-refractivity contribution in [2.45, 2.75) is 24.8 Å². The zero-order valence-corrected chi connectivity index (χ0v) is 12.8. The molecule has 6 nitrogen and oxygen atoms in total. The van der Waals surface area contributed by atoms with E-state index >= 15 is 0 Å². The average molecular weight is 300 g/mol. The lowest BCUT2D eigenvalue weighted by molar-refractivity contribution is -0.140. The summed E-state index contributed by atoms with van der Waals surface area (Å²) in [6.07, 6.45) is 0. The van der Waals surface area contributed by atoms with Crippen molar-refractivity contribution in [2.24, 2.45) is 5.92 Å². The smallest absolute Gasteiger partial charge is 0.322 e. The van der Waals surface area contributed by atoms with Gasteiger partial charge in [0.25, 0.3) is 0 Å². The predicted molar refractivity (Wildman–Crippen MR) is 77.4 cm³/mol. The standard InChI is InChI=1S/C13H20N2O4S/c1-9(2)12(13(16)17)14-20(18,19)11-7-5-10(6-8-11)15(3)4/h5-9,12,14H,1-4H3,(H,16,17)/t12-/m0/s1. The van der Waals surface area contributed by atoms with Crippen LogP contribution in [0.4, 0.5) is 5.69 Å². The molecule has 0 saturated carbocycles. The van der Waals surface area contributed by atoms with E-state index in [0.29, 0.717) is 0 Å². The lowest BCUT2D eigenvalue weighted by Gasteiger charge is -2.18. The van der Waals surface area contributed by atoms with Gasteiger partial charge in [0.2, 0.25) is 10.0 Å². The van der Waals surface area contributed by atoms with E-state index in [1.807, 2.05) is 19.0 Å². The Morgan fingerprint density at radius 2 is 1.70 bits per heavy atom. The molecule has 0 heterocycles. The van der Waals surface area contributed by atoms with Crippen molar-refractivity contribution in [2.75, 3.05) is 19.0 Å². The van der Waals surface area contributed by atoms with Gasteiger partial charge in [0.1, 0.15) is 6.04 Å². The summed E-state index contributed by atoms with van der Waals surface area (Å²) in [7, 11) is -0.145. The van der Waals surface area contributed by atoms with Crippen molar-refractivity contribution in [1.29, 1.82) is 0 Å². The van der Waals surface area contributed by atoms with Gasteiger partial charge in [-0.15, -0.1) is 0 Å². The highest BCUT2D eigenvalue weighted by Crippen LogP contribution is 2.17. The number of carbonyl (C=O) groups is 1. The van der Waals surface area contributed by atoms with Crippen LogP contribution in [0.25, 0.3) is 0 Å². The van der Waals surface area contributed by atoms with Crippen LogP contribution in [0, 0.1) is 5.92 Å². The average Bonchev–Trinajstić information content (AvgIpc) is 2.35. The summed E-state index contributed by atoms with van der Waals surface area (Å²) in [4.78, 5) is 13.0. The third kappa shape index (κ3) is 3.94. The SMILES string of the molecule is CC(C)[C@H](NS(=O)(=O)c1ccc(N(C)C)cc1)C(=O)O. The second-order valence-electron chi connectivity index (χ2n) is 5.07. The van der Waals surface area contributed by atoms with E-state index in [9.17, 15) is 13.2 Å². The Labute approximate surface area is 119 Å². The van der Waals surface area contributed by atoms with Crippen LogP contribution < -0.4 is 9.62 Å². The predicted octanol–water partition coefficient (Wildman–Crippen LogP) is 1.14. The number of nitrogens with zero attached hydrogens (tertiary/aromatic N) is 1. The van der Waals surface area contributed by atoms with Gasteiger partial charge >= 0.3 is 5.97 Å². The minimum Gasteiger partial charge on any atom is -0.480 e. The molecule has 0 amide bonds. The van der Waals surface area contributed by atoms with Gasteiger partial charge in [0.05, 0.1) is 4.90 Å². The molecule has 0 aliphatic rings. The Hall–Kier alpha value is -1.60. The lowest BCUT2D eigenvalue weighted by atomic mass is 10.1. The summed E-state index contributed by atoms with van der Waals surface area (Å²) in [5.41, 5.74) is 0.864. The van der Waals surface area contributed by atoms with Gasteiger partial charge in [-0.25, -0.2) is 8.42 Å². The van der Waals surface area contributed by atoms with Crippen molar-refractivity contribution >= 4 is 21.7 Å². The first kappa shape index (κ1) is 16.5. The number of anilines is 1. The van der Waals surface area contributed by atoms with Gasteiger partial charge in [0, 0.05) is 19.8 Å². The summed E-state index contributed by atoms with van der Waals surface area (Å²) < 4.78 is 26.5. The number of carboxylic acids is 1. The minimum atomic E-state index is -3.84. The Bertz CT molecular complexity index is 565. The second kappa shape index (κ2) is 6.23. The third-order valence-corrected chi connectivity index (χ3v) is 4.34. The van der Waals surface area contributed by atoms with Crippen LogP contribution in [0.2, 0.25) is 0 Å². The normalized spacial score (nSPS) is 13.2. The molecule has 0 spiro atoms. The fourth-order valence-electron chi connectivity index (χ4n) is 1.63. The zero-order chi connectivity index (χ0) is 15.5. The molecular formula is C13H20N2O4S. The maximum atomic E-state index is 12.1. The van der Waals surface area contributed by atoms with Crippen LogP contribution in [0.1, 0.15) is 13.8 Å². The maximum Gasteiger partial charge on any atom is 0.322 e. The number of hydrogen-bond donors (Lipinski definition) is 2. The van der Waals surface area contributed by atoms with Crippen LogP contribution in [0.5, 0.6) is 0 Å². The van der Waals surface area contributed by atoms with E-state index in [1.165, 1.54) is 12.1 Å². The van der Waals surface area contributed by atoms with Crippen molar-refractivity contribution < 1.29 is 18.3 Å². The number of aliphatic carboxylic acids is 1. The van der Waals surface area contributed by atoms with E-state index in [0.717, 1.165) is 5.69 Å². The van der Waals surface area contributed by atoms with E-state index in [4.69, 9.17) is 5.11 Å². The number of rotatable bonds is 6. The highest BCUT2D eigenvalue weighted by atomic mass is 32.2. The second-order valence-corrected chi connectivity index (χ2v) is 6.78. The van der Waals surface area contributed by atoms with Crippen LogP contribution in [-0.4, -0.2) is 39.6 Å². The van der Waals surface area contributed by atoms with Gasteiger partial charge in [-0.05, 0) is 30.2 Å². The first-order valence-corrected chi connectivity index (χ1v) is 7.66. The molecular weight excluding hydrogens is 280 g/mol. The molecule has 1 rings (SSSR count). The Balaban J connectivity index is 3.01. The molecule has 1 aromatic carbocycles. The molecule has 1 aromatic rings. The molecule has 2 N–H and O–H groups in total. The summed E-state index contributed by atoms with van der Waals surface area (Å²) in [5.74, 6) is -1.53. The van der Waals surface area contributed by atoms with Crippen molar-refractivity contribution in [3.8, 4) is 0 Å². The van der Waals surface area contributed by atoms with Crippen LogP contribution in [0.3, 0.4) is 0 Å². The van der Waals surface area contributed by atoms with E-state index in [1.54, 1.807) is 26.0 Å². The Morgan fingerprint density at radius 3 is 2.05 bits per heavy atom. The largest absolute Gasteiger partial charge is 0.480 e. The molecule has 0 saturated heterocycles. The summed E-state index contributed by atoms with van der Waals surface area (Å²) in [6, 6.07) is 5.10. The highest BCUT2D eigenvalue weighted by molar-refractivity contribution is 7.89. The molecule has 0 aromatic heterocycles. The van der Waals surface area contributed by atoms with E-state index < -0.39 is 22.0 Å². The van der Waals surface area contributed by atoms with Gasteiger partial charge in [-0.2, -0.15) is 4.72 Å². The van der Waals surface area contributed by atoms with Crippen LogP contribution in [-0.2, 0) is 14.8 Å². The molecule has 0 aliphatic heterocycles. The topological polar surface area (TPSA) is 86.7 Å². The summed E-state index contributed by atoms with van der Waals surface area (Å²) in [5, 5.41) is 9.04. The Kier molecular flexibility index (Phi) is 5.13.